The molecule has 0 aliphatic carbocycles. The van der Waals surface area contributed by atoms with E-state index in [-0.39, 0.29) is 0 Å². The second-order valence-electron chi connectivity index (χ2n) is 4.76. The van der Waals surface area contributed by atoms with E-state index in [0.29, 0.717) is 11.8 Å². The molecule has 0 radical (unpaired) electrons. The molecule has 0 saturated heterocycles. The van der Waals surface area contributed by atoms with E-state index in [1.807, 2.05) is 18.2 Å². The third kappa shape index (κ3) is 4.75. The van der Waals surface area contributed by atoms with Gasteiger partial charge in [-0.05, 0) is 44.7 Å². The Kier molecular flexibility index (Phi) is 5.57. The van der Waals surface area contributed by atoms with E-state index in [2.05, 4.69) is 25.8 Å². The molecule has 4 nitrogen and oxygen atoms in total. The van der Waals surface area contributed by atoms with Gasteiger partial charge in [-0.2, -0.15) is 0 Å². The minimum Gasteiger partial charge on any atom is -0.496 e. The maximum absolute atomic E-state index is 10.6. The van der Waals surface area contributed by atoms with Crippen LogP contribution in [0.15, 0.2) is 24.3 Å². The molecule has 0 fully saturated rings. The van der Waals surface area contributed by atoms with Gasteiger partial charge in [-0.3, -0.25) is 4.90 Å². The summed E-state index contributed by atoms with van der Waals surface area (Å²) in [5, 5.41) is 8.69. The first-order valence-electron chi connectivity index (χ1n) is 6.22. The van der Waals surface area contributed by atoms with Gasteiger partial charge in [0.25, 0.3) is 0 Å². The van der Waals surface area contributed by atoms with E-state index < -0.39 is 5.97 Å². The first-order chi connectivity index (χ1) is 8.93. The molecule has 0 unspecified atom stereocenters. The summed E-state index contributed by atoms with van der Waals surface area (Å²) in [5.41, 5.74) is 1.90. The van der Waals surface area contributed by atoms with Crippen molar-refractivity contribution in [2.24, 2.45) is 0 Å². The highest BCUT2D eigenvalue weighted by atomic mass is 16.5. The van der Waals surface area contributed by atoms with Crippen molar-refractivity contribution >= 4 is 12.0 Å². The molecule has 0 saturated carbocycles. The lowest BCUT2D eigenvalue weighted by molar-refractivity contribution is -0.131. The molecule has 1 rings (SSSR count). The number of nitrogens with zero attached hydrogens (tertiary/aromatic N) is 1. The van der Waals surface area contributed by atoms with E-state index >= 15 is 0 Å². The fraction of sp³-hybridized carbons (Fsp3) is 0.400. The van der Waals surface area contributed by atoms with Gasteiger partial charge in [0, 0.05) is 24.2 Å². The normalized spacial score (nSPS) is 11.5. The van der Waals surface area contributed by atoms with E-state index in [0.717, 1.165) is 23.7 Å². The number of hydrogen-bond donors (Lipinski definition) is 1. The molecule has 4 heteroatoms. The maximum Gasteiger partial charge on any atom is 0.328 e. The van der Waals surface area contributed by atoms with Gasteiger partial charge in [0.2, 0.25) is 0 Å². The molecular weight excluding hydrogens is 242 g/mol. The van der Waals surface area contributed by atoms with Crippen LogP contribution >= 0.6 is 0 Å². The maximum atomic E-state index is 10.6. The Morgan fingerprint density at radius 2 is 2.16 bits per heavy atom. The quantitative estimate of drug-likeness (QED) is 0.802. The molecule has 0 atom stereocenters. The largest absolute Gasteiger partial charge is 0.496 e. The zero-order chi connectivity index (χ0) is 14.4. The van der Waals surface area contributed by atoms with Crippen molar-refractivity contribution < 1.29 is 14.6 Å². The van der Waals surface area contributed by atoms with Crippen LogP contribution in [0.4, 0.5) is 0 Å². The molecule has 0 aliphatic heterocycles. The van der Waals surface area contributed by atoms with Crippen molar-refractivity contribution in [2.45, 2.75) is 26.4 Å². The summed E-state index contributed by atoms with van der Waals surface area (Å²) in [4.78, 5) is 12.8. The van der Waals surface area contributed by atoms with Crippen LogP contribution in [0.2, 0.25) is 0 Å². The lowest BCUT2D eigenvalue weighted by Crippen LogP contribution is -2.25. The average Bonchev–Trinajstić information content (AvgIpc) is 2.36. The highest BCUT2D eigenvalue weighted by molar-refractivity contribution is 5.85. The number of methoxy groups -OCH3 is 1. The van der Waals surface area contributed by atoms with Crippen LogP contribution in [-0.4, -0.2) is 36.2 Å². The Bertz CT molecular complexity index is 466. The molecule has 0 aliphatic rings. The number of benzene rings is 1. The number of carboxylic acid groups (broad SMARTS) is 1. The summed E-state index contributed by atoms with van der Waals surface area (Å²) in [6.07, 6.45) is 2.67. The Hall–Kier alpha value is -1.81. The van der Waals surface area contributed by atoms with Crippen LogP contribution in [0.25, 0.3) is 6.08 Å². The monoisotopic (exact) mass is 263 g/mol. The van der Waals surface area contributed by atoms with Crippen molar-refractivity contribution in [2.75, 3.05) is 14.2 Å². The van der Waals surface area contributed by atoms with Gasteiger partial charge >= 0.3 is 5.97 Å². The Labute approximate surface area is 114 Å². The first kappa shape index (κ1) is 15.2. The van der Waals surface area contributed by atoms with Crippen molar-refractivity contribution in [3.63, 3.8) is 0 Å². The topological polar surface area (TPSA) is 49.8 Å². The van der Waals surface area contributed by atoms with Crippen LogP contribution in [-0.2, 0) is 11.3 Å². The summed E-state index contributed by atoms with van der Waals surface area (Å²) in [5.74, 6) is -0.291. The van der Waals surface area contributed by atoms with Gasteiger partial charge in [0.15, 0.2) is 0 Å². The van der Waals surface area contributed by atoms with E-state index in [1.54, 1.807) is 13.2 Å². The molecule has 0 bridgehead atoms. The second-order valence-corrected chi connectivity index (χ2v) is 4.76. The minimum absolute atomic E-state index is 0.458. The van der Waals surface area contributed by atoms with Crippen LogP contribution in [0.3, 0.4) is 0 Å². The first-order valence-corrected chi connectivity index (χ1v) is 6.22. The van der Waals surface area contributed by atoms with Crippen LogP contribution < -0.4 is 4.74 Å². The SMILES string of the molecule is COc1ccc(CN(C)C(C)C)cc1/C=C/C(=O)O. The summed E-state index contributed by atoms with van der Waals surface area (Å²) in [7, 11) is 3.63. The number of hydrogen-bond acceptors (Lipinski definition) is 3. The van der Waals surface area contributed by atoms with E-state index in [4.69, 9.17) is 9.84 Å². The zero-order valence-electron chi connectivity index (χ0n) is 11.9. The fourth-order valence-electron chi connectivity index (χ4n) is 1.64. The molecule has 0 aromatic heterocycles. The Morgan fingerprint density at radius 3 is 2.68 bits per heavy atom. The highest BCUT2D eigenvalue weighted by Crippen LogP contribution is 2.22. The molecule has 104 valence electrons. The Balaban J connectivity index is 2.97. The molecule has 1 aromatic rings. The van der Waals surface area contributed by atoms with Crippen LogP contribution in [0, 0.1) is 0 Å². The summed E-state index contributed by atoms with van der Waals surface area (Å²) in [6.45, 7) is 5.08. The lowest BCUT2D eigenvalue weighted by atomic mass is 10.1. The number of carbonyl (C=O) groups is 1. The molecular formula is C15H21NO3. The van der Waals surface area contributed by atoms with E-state index in [9.17, 15) is 4.79 Å². The predicted molar refractivity (Wildman–Crippen MR) is 76.3 cm³/mol. The van der Waals surface area contributed by atoms with Crippen molar-refractivity contribution in [3.05, 3.63) is 35.4 Å². The highest BCUT2D eigenvalue weighted by Gasteiger charge is 2.07. The third-order valence-corrected chi connectivity index (χ3v) is 3.01. The average molecular weight is 263 g/mol. The van der Waals surface area contributed by atoms with Crippen molar-refractivity contribution in [1.29, 1.82) is 0 Å². The molecule has 1 N–H and O–H groups in total. The van der Waals surface area contributed by atoms with Gasteiger partial charge < -0.3 is 9.84 Å². The van der Waals surface area contributed by atoms with E-state index in [1.165, 1.54) is 0 Å². The molecule has 19 heavy (non-hydrogen) atoms. The summed E-state index contributed by atoms with van der Waals surface area (Å²) < 4.78 is 5.23. The zero-order valence-corrected chi connectivity index (χ0v) is 11.9. The minimum atomic E-state index is -0.966. The lowest BCUT2D eigenvalue weighted by Gasteiger charge is -2.21. The predicted octanol–water partition coefficient (Wildman–Crippen LogP) is 2.63. The second kappa shape index (κ2) is 6.95. The van der Waals surface area contributed by atoms with Crippen LogP contribution in [0.5, 0.6) is 5.75 Å². The molecule has 1 aromatic carbocycles. The molecule has 0 spiro atoms. The molecule has 0 heterocycles. The van der Waals surface area contributed by atoms with Crippen LogP contribution in [0.1, 0.15) is 25.0 Å². The summed E-state index contributed by atoms with van der Waals surface area (Å²) in [6, 6.07) is 6.28. The number of rotatable bonds is 6. The van der Waals surface area contributed by atoms with Crippen molar-refractivity contribution in [3.8, 4) is 5.75 Å². The smallest absolute Gasteiger partial charge is 0.328 e. The van der Waals surface area contributed by atoms with Gasteiger partial charge in [-0.1, -0.05) is 6.07 Å². The third-order valence-electron chi connectivity index (χ3n) is 3.01. The number of carboxylic acids is 1. The number of aliphatic carboxylic acids is 1. The Morgan fingerprint density at radius 1 is 1.47 bits per heavy atom. The summed E-state index contributed by atoms with van der Waals surface area (Å²) >= 11 is 0. The standard InChI is InChI=1S/C15H21NO3/c1-11(2)16(3)10-12-5-7-14(19-4)13(9-12)6-8-15(17)18/h5-9,11H,10H2,1-4H3,(H,17,18)/b8-6+. The van der Waals surface area contributed by atoms with Gasteiger partial charge in [-0.25, -0.2) is 4.79 Å². The van der Waals surface area contributed by atoms with Gasteiger partial charge in [0.1, 0.15) is 5.75 Å². The molecule has 0 amide bonds. The van der Waals surface area contributed by atoms with Gasteiger partial charge in [0.05, 0.1) is 7.11 Å². The van der Waals surface area contributed by atoms with Gasteiger partial charge in [-0.15, -0.1) is 0 Å². The number of ether oxygens (including phenoxy) is 1. The van der Waals surface area contributed by atoms with Crippen molar-refractivity contribution in [1.82, 2.24) is 4.90 Å². The fourth-order valence-corrected chi connectivity index (χ4v) is 1.64.